The molecule has 0 spiro atoms. The van der Waals surface area contributed by atoms with Crippen molar-refractivity contribution < 1.29 is 37.3 Å². The van der Waals surface area contributed by atoms with Gasteiger partial charge in [0, 0.05) is 21.6 Å². The van der Waals surface area contributed by atoms with Gasteiger partial charge in [-0.3, -0.25) is 29.6 Å². The number of fused-ring (bicyclic) bond motifs is 1. The first-order valence-corrected chi connectivity index (χ1v) is 10.4. The van der Waals surface area contributed by atoms with Crippen molar-refractivity contribution in [2.24, 2.45) is 0 Å². The minimum absolute atomic E-state index is 0.115. The van der Waals surface area contributed by atoms with Crippen molar-refractivity contribution in [3.8, 4) is 28.3 Å². The van der Waals surface area contributed by atoms with Crippen LogP contribution in [0.4, 0.5) is 17.6 Å². The summed E-state index contributed by atoms with van der Waals surface area (Å²) in [5, 5.41) is 29.4. The van der Waals surface area contributed by atoms with Crippen molar-refractivity contribution in [3.63, 3.8) is 0 Å². The summed E-state index contributed by atoms with van der Waals surface area (Å²) in [4.78, 5) is 33.9. The second-order valence-corrected chi connectivity index (χ2v) is 8.34. The monoisotopic (exact) mass is 513 g/mol. The Labute approximate surface area is 195 Å². The minimum Gasteiger partial charge on any atom is -0.506 e. The number of halogens is 4. The third-order valence-electron chi connectivity index (χ3n) is 5.01. The predicted molar refractivity (Wildman–Crippen MR) is 113 cm³/mol. The number of hydrogen-bond acceptors (Lipinski definition) is 8. The number of rotatable bonds is 5. The molecule has 4 rings (SSSR count). The van der Waals surface area contributed by atoms with Crippen molar-refractivity contribution in [2.45, 2.75) is 17.1 Å². The molecular weight excluding hydrogens is 502 g/mol. The number of pyridine rings is 1. The molecule has 0 aliphatic carbocycles. The molecule has 0 saturated carbocycles. The molecule has 0 bridgehead atoms. The van der Waals surface area contributed by atoms with Crippen LogP contribution in [0.15, 0.2) is 53.5 Å². The molecule has 15 heteroatoms. The number of aromatic hydroxyl groups is 1. The fourth-order valence-electron chi connectivity index (χ4n) is 3.63. The highest BCUT2D eigenvalue weighted by Crippen LogP contribution is 2.52. The third-order valence-corrected chi connectivity index (χ3v) is 6.34. The molecule has 3 aromatic rings. The highest BCUT2D eigenvalue weighted by molar-refractivity contribution is 7.99. The molecule has 1 N–H and O–H groups in total. The van der Waals surface area contributed by atoms with Gasteiger partial charge < -0.3 is 9.84 Å². The molecule has 2 unspecified atom stereocenters. The van der Waals surface area contributed by atoms with Gasteiger partial charge in [-0.1, -0.05) is 18.2 Å². The highest BCUT2D eigenvalue weighted by atomic mass is 32.2. The lowest BCUT2D eigenvalue weighted by Gasteiger charge is -2.13. The Bertz CT molecular complexity index is 1430. The van der Waals surface area contributed by atoms with Crippen LogP contribution in [0.2, 0.25) is 0 Å². The number of thioether (sulfide) groups is 1. The van der Waals surface area contributed by atoms with Crippen LogP contribution in [0.3, 0.4) is 0 Å². The Morgan fingerprint density at radius 1 is 1.00 bits per heavy atom. The van der Waals surface area contributed by atoms with E-state index in [4.69, 9.17) is 0 Å². The molecule has 0 saturated heterocycles. The van der Waals surface area contributed by atoms with Gasteiger partial charge >= 0.3 is 6.36 Å². The normalized spacial score (nSPS) is 17.1. The van der Waals surface area contributed by atoms with Crippen LogP contribution in [0.1, 0.15) is 21.9 Å². The maximum Gasteiger partial charge on any atom is 0.573 e. The van der Waals surface area contributed by atoms with E-state index in [9.17, 15) is 43.3 Å². The van der Waals surface area contributed by atoms with Crippen LogP contribution in [-0.4, -0.2) is 25.9 Å². The van der Waals surface area contributed by atoms with Gasteiger partial charge in [0.25, 0.3) is 16.3 Å². The first-order chi connectivity index (χ1) is 16.4. The Kier molecular flexibility index (Phi) is 5.88. The highest BCUT2D eigenvalue weighted by Gasteiger charge is 2.50. The lowest BCUT2D eigenvalue weighted by atomic mass is 10.0. The molecule has 0 radical (unpaired) electrons. The fourth-order valence-corrected chi connectivity index (χ4v) is 4.82. The van der Waals surface area contributed by atoms with E-state index in [1.165, 1.54) is 18.2 Å². The van der Waals surface area contributed by atoms with Gasteiger partial charge in [0.2, 0.25) is 0 Å². The number of aromatic nitrogens is 1. The number of benzene rings is 2. The lowest BCUT2D eigenvalue weighted by molar-refractivity contribution is -0.507. The summed E-state index contributed by atoms with van der Waals surface area (Å²) >= 11 is 0.240. The molecule has 35 heavy (non-hydrogen) atoms. The smallest absolute Gasteiger partial charge is 0.506 e. The summed E-state index contributed by atoms with van der Waals surface area (Å²) in [6.07, 6.45) is -4.21. The number of nitro groups is 2. The quantitative estimate of drug-likeness (QED) is 0.298. The van der Waals surface area contributed by atoms with Gasteiger partial charge in [-0.25, -0.2) is 4.39 Å². The van der Waals surface area contributed by atoms with E-state index >= 15 is 4.39 Å². The Balaban J connectivity index is 1.79. The number of ether oxygens (including phenoxy) is 1. The number of alkyl halides is 3. The summed E-state index contributed by atoms with van der Waals surface area (Å²) in [7, 11) is 0. The third kappa shape index (κ3) is 4.49. The summed E-state index contributed by atoms with van der Waals surface area (Å²) in [6, 6.07) is 7.96. The first kappa shape index (κ1) is 24.0. The molecule has 0 amide bonds. The van der Waals surface area contributed by atoms with E-state index in [0.29, 0.717) is 4.57 Å². The molecule has 2 heterocycles. The zero-order chi connectivity index (χ0) is 25.7. The summed E-state index contributed by atoms with van der Waals surface area (Å²) in [5.74, 6) is -2.40. The molecule has 182 valence electrons. The van der Waals surface area contributed by atoms with Crippen molar-refractivity contribution in [3.05, 3.63) is 96.2 Å². The Morgan fingerprint density at radius 2 is 1.63 bits per heavy atom. The van der Waals surface area contributed by atoms with E-state index in [2.05, 4.69) is 4.74 Å². The number of nitrogens with zero attached hydrogens (tertiary/aromatic N) is 3. The van der Waals surface area contributed by atoms with Crippen LogP contribution >= 0.6 is 11.8 Å². The Morgan fingerprint density at radius 3 is 2.23 bits per heavy atom. The molecule has 1 aromatic heterocycles. The van der Waals surface area contributed by atoms with Gasteiger partial charge in [0.15, 0.2) is 0 Å². The molecule has 1 aliphatic rings. The van der Waals surface area contributed by atoms with E-state index in [-0.39, 0.29) is 22.9 Å². The van der Waals surface area contributed by atoms with Gasteiger partial charge in [0.05, 0.1) is 17.4 Å². The Hall–Kier alpha value is -4.14. The van der Waals surface area contributed by atoms with Crippen LogP contribution in [-0.2, 0) is 0 Å². The molecule has 1 aliphatic heterocycles. The minimum atomic E-state index is -4.93. The summed E-state index contributed by atoms with van der Waals surface area (Å²) in [5.41, 5.74) is -2.49. The maximum absolute atomic E-state index is 15.0. The van der Waals surface area contributed by atoms with Crippen LogP contribution < -0.4 is 10.3 Å². The topological polar surface area (TPSA) is 138 Å². The average molecular weight is 513 g/mol. The van der Waals surface area contributed by atoms with Crippen LogP contribution in [0, 0.1) is 26.0 Å². The zero-order valence-corrected chi connectivity index (χ0v) is 17.7. The predicted octanol–water partition coefficient (Wildman–Crippen LogP) is 4.55. The fraction of sp³-hybridized carbons (Fsp3) is 0.150. The van der Waals surface area contributed by atoms with Gasteiger partial charge in [-0.2, -0.15) is 0 Å². The van der Waals surface area contributed by atoms with Gasteiger partial charge in [0.1, 0.15) is 22.9 Å². The SMILES string of the molecule is O=c1c2c(c(O)cn1-c1ccc(-c3cccc(OC(F)(F)F)c3)cc1F)C([N+](=O)[O-])SC2[N+](=O)[O-]. The largest absolute Gasteiger partial charge is 0.573 e. The lowest BCUT2D eigenvalue weighted by Crippen LogP contribution is -2.26. The summed E-state index contributed by atoms with van der Waals surface area (Å²) < 4.78 is 56.9. The average Bonchev–Trinajstić information content (AvgIpc) is 3.18. The van der Waals surface area contributed by atoms with Crippen molar-refractivity contribution in [1.29, 1.82) is 0 Å². The van der Waals surface area contributed by atoms with E-state index in [1.807, 2.05) is 0 Å². The van der Waals surface area contributed by atoms with E-state index in [1.54, 1.807) is 0 Å². The van der Waals surface area contributed by atoms with Gasteiger partial charge in [-0.05, 0) is 35.4 Å². The van der Waals surface area contributed by atoms with Crippen molar-refractivity contribution in [2.75, 3.05) is 0 Å². The second kappa shape index (κ2) is 8.57. The van der Waals surface area contributed by atoms with Crippen molar-refractivity contribution >= 4 is 11.8 Å². The van der Waals surface area contributed by atoms with E-state index < -0.39 is 66.6 Å². The van der Waals surface area contributed by atoms with Crippen molar-refractivity contribution in [1.82, 2.24) is 4.57 Å². The molecule has 2 aromatic carbocycles. The standard InChI is InChI=1S/C20H11F4N3O7S/c21-12-7-10(9-2-1-3-11(6-9)34-20(22,23)24)4-5-13(12)25-8-14(28)15-16(17(25)29)19(27(32)33)35-18(15)26(30)31/h1-8,18-19,28H. The first-order valence-electron chi connectivity index (χ1n) is 9.44. The second-order valence-electron chi connectivity index (χ2n) is 7.17. The molecule has 2 atom stereocenters. The zero-order valence-electron chi connectivity index (χ0n) is 16.9. The molecular formula is C20H11F4N3O7S. The van der Waals surface area contributed by atoms with Crippen LogP contribution in [0.5, 0.6) is 11.5 Å². The summed E-state index contributed by atoms with van der Waals surface area (Å²) in [6.45, 7) is 0. The van der Waals surface area contributed by atoms with E-state index in [0.717, 1.165) is 30.5 Å². The number of hydrogen-bond donors (Lipinski definition) is 1. The van der Waals surface area contributed by atoms with Gasteiger partial charge in [-0.15, -0.1) is 13.2 Å². The van der Waals surface area contributed by atoms with Crippen LogP contribution in [0.25, 0.3) is 16.8 Å². The molecule has 0 fully saturated rings. The maximum atomic E-state index is 15.0. The molecule has 10 nitrogen and oxygen atoms in total.